The van der Waals surface area contributed by atoms with Gasteiger partial charge in [-0.05, 0) is 36.8 Å². The molecule has 0 amide bonds. The standard InChI is InChI=1S/C19H21N3O2/c1-2-24-19(23)14-15-8-10-16(11-9-15)20-18-12-13-22(21-18)17-6-4-3-5-7-17/h3-11H,2,12-14H2,1H3,(H,20,21). The third-order valence-electron chi connectivity index (χ3n) is 3.75. The van der Waals surface area contributed by atoms with Crippen LogP contribution in [0.15, 0.2) is 59.7 Å². The maximum absolute atomic E-state index is 11.5. The van der Waals surface area contributed by atoms with Crippen LogP contribution in [0.5, 0.6) is 0 Å². The second-order valence-corrected chi connectivity index (χ2v) is 5.56. The van der Waals surface area contributed by atoms with E-state index in [0.29, 0.717) is 13.0 Å². The average molecular weight is 323 g/mol. The van der Waals surface area contributed by atoms with Crippen molar-refractivity contribution in [3.63, 3.8) is 0 Å². The molecule has 1 aliphatic rings. The lowest BCUT2D eigenvalue weighted by Crippen LogP contribution is -2.11. The van der Waals surface area contributed by atoms with E-state index in [4.69, 9.17) is 4.74 Å². The molecule has 0 aromatic heterocycles. The number of hydrazone groups is 1. The second-order valence-electron chi connectivity index (χ2n) is 5.56. The van der Waals surface area contributed by atoms with E-state index >= 15 is 0 Å². The first-order valence-electron chi connectivity index (χ1n) is 8.16. The summed E-state index contributed by atoms with van der Waals surface area (Å²) in [7, 11) is 0. The largest absolute Gasteiger partial charge is 0.466 e. The van der Waals surface area contributed by atoms with Crippen molar-refractivity contribution in [2.75, 3.05) is 23.5 Å². The Balaban J connectivity index is 1.59. The number of carbonyl (C=O) groups excluding carboxylic acids is 1. The van der Waals surface area contributed by atoms with Crippen LogP contribution < -0.4 is 10.3 Å². The highest BCUT2D eigenvalue weighted by Gasteiger charge is 2.15. The highest BCUT2D eigenvalue weighted by atomic mass is 16.5. The summed E-state index contributed by atoms with van der Waals surface area (Å²) in [4.78, 5) is 11.5. The van der Waals surface area contributed by atoms with Crippen molar-refractivity contribution >= 4 is 23.2 Å². The Kier molecular flexibility index (Phi) is 5.11. The molecule has 2 aromatic carbocycles. The molecule has 0 aliphatic carbocycles. The number of rotatable bonds is 5. The van der Waals surface area contributed by atoms with E-state index in [-0.39, 0.29) is 5.97 Å². The Morgan fingerprint density at radius 2 is 1.92 bits per heavy atom. The molecule has 0 bridgehead atoms. The SMILES string of the molecule is CCOC(=O)Cc1ccc(NC2=NN(c3ccccc3)CC2)cc1. The molecule has 5 heteroatoms. The van der Waals surface area contributed by atoms with Gasteiger partial charge in [0.15, 0.2) is 0 Å². The smallest absolute Gasteiger partial charge is 0.310 e. The molecule has 5 nitrogen and oxygen atoms in total. The maximum Gasteiger partial charge on any atom is 0.310 e. The molecule has 124 valence electrons. The van der Waals surface area contributed by atoms with Gasteiger partial charge in [-0.3, -0.25) is 9.80 Å². The van der Waals surface area contributed by atoms with E-state index in [1.54, 1.807) is 0 Å². The summed E-state index contributed by atoms with van der Waals surface area (Å²) in [5, 5.41) is 9.95. The molecule has 2 aromatic rings. The average Bonchev–Trinajstić information content (AvgIpc) is 3.06. The maximum atomic E-state index is 11.5. The lowest BCUT2D eigenvalue weighted by atomic mass is 10.1. The number of amidine groups is 1. The third-order valence-corrected chi connectivity index (χ3v) is 3.75. The number of nitrogens with one attached hydrogen (secondary N) is 1. The Labute approximate surface area is 141 Å². The lowest BCUT2D eigenvalue weighted by molar-refractivity contribution is -0.142. The zero-order valence-corrected chi connectivity index (χ0v) is 13.7. The fourth-order valence-electron chi connectivity index (χ4n) is 2.58. The lowest BCUT2D eigenvalue weighted by Gasteiger charge is -2.12. The Morgan fingerprint density at radius 3 is 2.62 bits per heavy atom. The quantitative estimate of drug-likeness (QED) is 0.857. The van der Waals surface area contributed by atoms with Gasteiger partial charge in [0.25, 0.3) is 0 Å². The van der Waals surface area contributed by atoms with Crippen LogP contribution in [0.1, 0.15) is 18.9 Å². The van der Waals surface area contributed by atoms with Crippen LogP contribution in [0.3, 0.4) is 0 Å². The van der Waals surface area contributed by atoms with Crippen molar-refractivity contribution in [1.82, 2.24) is 0 Å². The molecule has 0 saturated heterocycles. The van der Waals surface area contributed by atoms with Gasteiger partial charge in [0.2, 0.25) is 0 Å². The first-order chi connectivity index (χ1) is 11.7. The molecule has 0 spiro atoms. The topological polar surface area (TPSA) is 53.9 Å². The number of hydrogen-bond acceptors (Lipinski definition) is 5. The molecule has 0 fully saturated rings. The van der Waals surface area contributed by atoms with Crippen LogP contribution in [0, 0.1) is 0 Å². The fraction of sp³-hybridized carbons (Fsp3) is 0.263. The number of esters is 1. The number of nitrogens with zero attached hydrogens (tertiary/aromatic N) is 2. The van der Waals surface area contributed by atoms with Crippen molar-refractivity contribution in [1.29, 1.82) is 0 Å². The van der Waals surface area contributed by atoms with Crippen LogP contribution >= 0.6 is 0 Å². The summed E-state index contributed by atoms with van der Waals surface area (Å²) < 4.78 is 4.96. The van der Waals surface area contributed by atoms with Gasteiger partial charge in [-0.25, -0.2) is 0 Å². The molecule has 1 N–H and O–H groups in total. The summed E-state index contributed by atoms with van der Waals surface area (Å²) in [6.45, 7) is 3.09. The van der Waals surface area contributed by atoms with Crippen LogP contribution in [-0.2, 0) is 16.0 Å². The summed E-state index contributed by atoms with van der Waals surface area (Å²) in [6, 6.07) is 17.9. The Morgan fingerprint density at radius 1 is 1.17 bits per heavy atom. The van der Waals surface area contributed by atoms with E-state index in [0.717, 1.165) is 35.7 Å². The van der Waals surface area contributed by atoms with E-state index in [9.17, 15) is 4.79 Å². The molecule has 1 aliphatic heterocycles. The Bertz CT molecular complexity index is 711. The summed E-state index contributed by atoms with van der Waals surface area (Å²) >= 11 is 0. The number of ether oxygens (including phenoxy) is 1. The van der Waals surface area contributed by atoms with Crippen molar-refractivity contribution in [3.05, 3.63) is 60.2 Å². The first-order valence-corrected chi connectivity index (χ1v) is 8.16. The van der Waals surface area contributed by atoms with Crippen molar-refractivity contribution in [2.24, 2.45) is 5.10 Å². The molecular formula is C19H21N3O2. The van der Waals surface area contributed by atoms with Crippen LogP contribution in [0.4, 0.5) is 11.4 Å². The van der Waals surface area contributed by atoms with Gasteiger partial charge in [-0.2, -0.15) is 5.10 Å². The normalized spacial score (nSPS) is 13.5. The fourth-order valence-corrected chi connectivity index (χ4v) is 2.58. The van der Waals surface area contributed by atoms with Crippen LogP contribution in [-0.4, -0.2) is 25.0 Å². The van der Waals surface area contributed by atoms with Crippen molar-refractivity contribution in [3.8, 4) is 0 Å². The van der Waals surface area contributed by atoms with Crippen LogP contribution in [0.2, 0.25) is 0 Å². The van der Waals surface area contributed by atoms with Crippen molar-refractivity contribution < 1.29 is 9.53 Å². The molecule has 1 heterocycles. The second kappa shape index (κ2) is 7.64. The van der Waals surface area contributed by atoms with Crippen molar-refractivity contribution in [2.45, 2.75) is 19.8 Å². The first kappa shape index (κ1) is 16.1. The number of anilines is 2. The van der Waals surface area contributed by atoms with Crippen LogP contribution in [0.25, 0.3) is 0 Å². The molecular weight excluding hydrogens is 302 g/mol. The zero-order valence-electron chi connectivity index (χ0n) is 13.7. The molecule has 0 atom stereocenters. The summed E-state index contributed by atoms with van der Waals surface area (Å²) in [5.41, 5.74) is 3.01. The van der Waals surface area contributed by atoms with Gasteiger partial charge in [-0.1, -0.05) is 30.3 Å². The highest BCUT2D eigenvalue weighted by molar-refractivity contribution is 5.97. The Hall–Kier alpha value is -2.82. The third kappa shape index (κ3) is 4.13. The molecule has 0 unspecified atom stereocenters. The minimum Gasteiger partial charge on any atom is -0.466 e. The predicted octanol–water partition coefficient (Wildman–Crippen LogP) is 3.43. The number of carbonyl (C=O) groups is 1. The van der Waals surface area contributed by atoms with E-state index < -0.39 is 0 Å². The summed E-state index contributed by atoms with van der Waals surface area (Å²) in [6.07, 6.45) is 1.18. The summed E-state index contributed by atoms with van der Waals surface area (Å²) in [5.74, 6) is 0.744. The van der Waals surface area contributed by atoms with Gasteiger partial charge < -0.3 is 10.1 Å². The van der Waals surface area contributed by atoms with Gasteiger partial charge >= 0.3 is 5.97 Å². The molecule has 0 radical (unpaired) electrons. The number of hydrogen-bond donors (Lipinski definition) is 1. The van der Waals surface area contributed by atoms with E-state index in [1.165, 1.54) is 0 Å². The van der Waals surface area contributed by atoms with E-state index in [2.05, 4.69) is 22.6 Å². The van der Waals surface area contributed by atoms with Gasteiger partial charge in [0.1, 0.15) is 5.84 Å². The molecule has 24 heavy (non-hydrogen) atoms. The zero-order chi connectivity index (χ0) is 16.8. The van der Waals surface area contributed by atoms with Gasteiger partial charge in [0.05, 0.1) is 18.7 Å². The van der Waals surface area contributed by atoms with Gasteiger partial charge in [0, 0.05) is 18.7 Å². The molecule has 0 saturated carbocycles. The number of para-hydroxylation sites is 1. The predicted molar refractivity (Wildman–Crippen MR) is 96.2 cm³/mol. The minimum atomic E-state index is -0.197. The number of benzene rings is 2. The van der Waals surface area contributed by atoms with E-state index in [1.807, 2.05) is 54.4 Å². The minimum absolute atomic E-state index is 0.197. The highest BCUT2D eigenvalue weighted by Crippen LogP contribution is 2.20. The van der Waals surface area contributed by atoms with Gasteiger partial charge in [-0.15, -0.1) is 0 Å². The monoisotopic (exact) mass is 323 g/mol. The molecule has 3 rings (SSSR count).